The van der Waals surface area contributed by atoms with Crippen LogP contribution in [0.1, 0.15) is 20.3 Å². The van der Waals surface area contributed by atoms with Crippen LogP contribution in [-0.2, 0) is 4.79 Å². The van der Waals surface area contributed by atoms with Crippen molar-refractivity contribution in [2.75, 3.05) is 0 Å². The van der Waals surface area contributed by atoms with E-state index in [1.165, 1.54) is 0 Å². The molecule has 3 unspecified atom stereocenters. The average Bonchev–Trinajstić information content (AvgIpc) is 1.99. The van der Waals surface area contributed by atoms with Gasteiger partial charge in [0.15, 0.2) is 0 Å². The van der Waals surface area contributed by atoms with E-state index in [0.717, 1.165) is 18.3 Å². The van der Waals surface area contributed by atoms with Crippen molar-refractivity contribution in [3.8, 4) is 0 Å². The molecule has 0 aliphatic heterocycles. The van der Waals surface area contributed by atoms with Gasteiger partial charge in [-0.2, -0.15) is 0 Å². The van der Waals surface area contributed by atoms with Gasteiger partial charge in [-0.15, -0.1) is 0 Å². The molecule has 0 fully saturated rings. The first-order valence-electron chi connectivity index (χ1n) is 4.06. The third-order valence-corrected chi connectivity index (χ3v) is 2.62. The molecule has 0 heterocycles. The van der Waals surface area contributed by atoms with Crippen molar-refractivity contribution in [2.24, 2.45) is 17.6 Å². The largest absolute Gasteiger partial charge is 0.324 e. The Kier molecular flexibility index (Phi) is 2.45. The molecule has 2 nitrogen and oxygen atoms in total. The van der Waals surface area contributed by atoms with Gasteiger partial charge >= 0.3 is 0 Å². The van der Waals surface area contributed by atoms with Gasteiger partial charge in [-0.1, -0.05) is 19.9 Å². The second kappa shape index (κ2) is 3.18. The van der Waals surface area contributed by atoms with Crippen LogP contribution in [0.2, 0.25) is 0 Å². The molecule has 0 aromatic heterocycles. The lowest BCUT2D eigenvalue weighted by atomic mass is 9.79. The molecule has 0 spiro atoms. The summed E-state index contributed by atoms with van der Waals surface area (Å²) < 4.78 is 0. The lowest BCUT2D eigenvalue weighted by Crippen LogP contribution is -2.34. The molecule has 0 aromatic carbocycles. The van der Waals surface area contributed by atoms with Crippen molar-refractivity contribution < 1.29 is 4.79 Å². The molecule has 62 valence electrons. The number of aldehydes is 1. The zero-order valence-electron chi connectivity index (χ0n) is 7.08. The molecule has 0 amide bonds. The number of nitrogens with two attached hydrogens (primary N) is 1. The summed E-state index contributed by atoms with van der Waals surface area (Å²) in [6.07, 6.45) is 3.69. The Morgan fingerprint density at radius 3 is 2.73 bits per heavy atom. The fraction of sp³-hybridized carbons (Fsp3) is 0.667. The zero-order valence-corrected chi connectivity index (χ0v) is 7.08. The Balaban J connectivity index is 2.75. The molecule has 3 atom stereocenters. The van der Waals surface area contributed by atoms with Gasteiger partial charge in [-0.05, 0) is 23.8 Å². The minimum absolute atomic E-state index is 0.0685. The van der Waals surface area contributed by atoms with E-state index in [9.17, 15) is 4.79 Å². The minimum Gasteiger partial charge on any atom is -0.324 e. The van der Waals surface area contributed by atoms with Gasteiger partial charge in [-0.3, -0.25) is 4.79 Å². The van der Waals surface area contributed by atoms with Crippen molar-refractivity contribution >= 4 is 6.29 Å². The monoisotopic (exact) mass is 153 g/mol. The van der Waals surface area contributed by atoms with E-state index < -0.39 is 0 Å². The SMILES string of the molecule is CC1CC(C=O)=CC(N)C1C. The normalized spacial score (nSPS) is 38.1. The van der Waals surface area contributed by atoms with Gasteiger partial charge in [0.25, 0.3) is 0 Å². The summed E-state index contributed by atoms with van der Waals surface area (Å²) in [6, 6.07) is 0.0685. The number of hydrogen-bond acceptors (Lipinski definition) is 2. The summed E-state index contributed by atoms with van der Waals surface area (Å²) in [7, 11) is 0. The first-order chi connectivity index (χ1) is 5.15. The second-order valence-corrected chi connectivity index (χ2v) is 3.48. The van der Waals surface area contributed by atoms with Crippen LogP contribution in [0.5, 0.6) is 0 Å². The van der Waals surface area contributed by atoms with Crippen LogP contribution in [0.25, 0.3) is 0 Å². The molecule has 0 aromatic rings. The predicted molar refractivity (Wildman–Crippen MR) is 45.1 cm³/mol. The maximum absolute atomic E-state index is 10.4. The maximum atomic E-state index is 10.4. The Bertz CT molecular complexity index is 186. The second-order valence-electron chi connectivity index (χ2n) is 3.48. The zero-order chi connectivity index (χ0) is 8.43. The highest BCUT2D eigenvalue weighted by Crippen LogP contribution is 2.26. The molecular formula is C9H15NO. The van der Waals surface area contributed by atoms with Gasteiger partial charge in [0, 0.05) is 6.04 Å². The molecule has 0 saturated carbocycles. The Labute approximate surface area is 67.5 Å². The lowest BCUT2D eigenvalue weighted by molar-refractivity contribution is -0.105. The molecule has 1 rings (SSSR count). The summed E-state index contributed by atoms with van der Waals surface area (Å²) in [5.74, 6) is 1.04. The lowest BCUT2D eigenvalue weighted by Gasteiger charge is -2.28. The fourth-order valence-corrected chi connectivity index (χ4v) is 1.49. The van der Waals surface area contributed by atoms with E-state index >= 15 is 0 Å². The number of carbonyl (C=O) groups is 1. The summed E-state index contributed by atoms with van der Waals surface area (Å²) >= 11 is 0. The van der Waals surface area contributed by atoms with Crippen LogP contribution in [-0.4, -0.2) is 12.3 Å². The Morgan fingerprint density at radius 2 is 2.27 bits per heavy atom. The molecular weight excluding hydrogens is 138 g/mol. The molecule has 11 heavy (non-hydrogen) atoms. The molecule has 0 radical (unpaired) electrons. The molecule has 0 saturated heterocycles. The van der Waals surface area contributed by atoms with Crippen molar-refractivity contribution in [3.05, 3.63) is 11.6 Å². The van der Waals surface area contributed by atoms with Crippen LogP contribution in [0.3, 0.4) is 0 Å². The van der Waals surface area contributed by atoms with Crippen LogP contribution < -0.4 is 5.73 Å². The maximum Gasteiger partial charge on any atom is 0.145 e. The van der Waals surface area contributed by atoms with Crippen molar-refractivity contribution in [1.82, 2.24) is 0 Å². The Morgan fingerprint density at radius 1 is 1.64 bits per heavy atom. The third kappa shape index (κ3) is 1.69. The average molecular weight is 153 g/mol. The van der Waals surface area contributed by atoms with Crippen LogP contribution in [0.15, 0.2) is 11.6 Å². The van der Waals surface area contributed by atoms with Gasteiger partial charge in [0.05, 0.1) is 0 Å². The van der Waals surface area contributed by atoms with Gasteiger partial charge in [-0.25, -0.2) is 0 Å². The van der Waals surface area contributed by atoms with Gasteiger partial charge in [0.1, 0.15) is 6.29 Å². The number of allylic oxidation sites excluding steroid dienone is 1. The van der Waals surface area contributed by atoms with Gasteiger partial charge < -0.3 is 5.73 Å². The number of carbonyl (C=O) groups excluding carboxylic acids is 1. The van der Waals surface area contributed by atoms with Gasteiger partial charge in [0.2, 0.25) is 0 Å². The van der Waals surface area contributed by atoms with E-state index in [-0.39, 0.29) is 6.04 Å². The third-order valence-electron chi connectivity index (χ3n) is 2.62. The van der Waals surface area contributed by atoms with E-state index in [4.69, 9.17) is 5.73 Å². The summed E-state index contributed by atoms with van der Waals surface area (Å²) in [6.45, 7) is 4.27. The standard InChI is InChI=1S/C9H15NO/c1-6-3-8(5-11)4-9(10)7(6)2/h4-7,9H,3,10H2,1-2H3. The quantitative estimate of drug-likeness (QED) is 0.573. The van der Waals surface area contributed by atoms with Crippen molar-refractivity contribution in [1.29, 1.82) is 0 Å². The van der Waals surface area contributed by atoms with E-state index in [0.29, 0.717) is 11.8 Å². The minimum atomic E-state index is 0.0685. The number of hydrogen-bond donors (Lipinski definition) is 1. The first kappa shape index (κ1) is 8.47. The van der Waals surface area contributed by atoms with E-state index in [2.05, 4.69) is 13.8 Å². The van der Waals surface area contributed by atoms with Crippen molar-refractivity contribution in [3.63, 3.8) is 0 Å². The highest BCUT2D eigenvalue weighted by atomic mass is 16.1. The highest BCUT2D eigenvalue weighted by Gasteiger charge is 2.23. The van der Waals surface area contributed by atoms with E-state index in [1.54, 1.807) is 0 Å². The van der Waals surface area contributed by atoms with Crippen LogP contribution in [0, 0.1) is 11.8 Å². The summed E-state index contributed by atoms with van der Waals surface area (Å²) in [4.78, 5) is 10.4. The predicted octanol–water partition coefficient (Wildman–Crippen LogP) is 1.11. The smallest absolute Gasteiger partial charge is 0.145 e. The fourth-order valence-electron chi connectivity index (χ4n) is 1.49. The molecule has 0 bridgehead atoms. The topological polar surface area (TPSA) is 43.1 Å². The molecule has 2 N–H and O–H groups in total. The van der Waals surface area contributed by atoms with Crippen molar-refractivity contribution in [2.45, 2.75) is 26.3 Å². The molecule has 1 aliphatic rings. The van der Waals surface area contributed by atoms with Crippen LogP contribution in [0.4, 0.5) is 0 Å². The molecule has 1 aliphatic carbocycles. The highest BCUT2D eigenvalue weighted by molar-refractivity contribution is 5.73. The summed E-state index contributed by atoms with van der Waals surface area (Å²) in [5.41, 5.74) is 6.66. The molecule has 2 heteroatoms. The first-order valence-corrected chi connectivity index (χ1v) is 4.06. The van der Waals surface area contributed by atoms with E-state index in [1.807, 2.05) is 6.08 Å². The Hall–Kier alpha value is -0.630. The van der Waals surface area contributed by atoms with Crippen LogP contribution >= 0.6 is 0 Å². The number of rotatable bonds is 1. The summed E-state index contributed by atoms with van der Waals surface area (Å²) in [5, 5.41) is 0.